The van der Waals surface area contributed by atoms with Crippen LogP contribution in [0.25, 0.3) is 0 Å². The number of hydrogen-bond donors (Lipinski definition) is 1. The fourth-order valence-corrected chi connectivity index (χ4v) is 2.35. The first kappa shape index (κ1) is 14.1. The highest BCUT2D eigenvalue weighted by Gasteiger charge is 2.41. The van der Waals surface area contributed by atoms with Gasteiger partial charge in [0.2, 0.25) is 0 Å². The Labute approximate surface area is 110 Å². The number of pyridine rings is 1. The van der Waals surface area contributed by atoms with Crippen LogP contribution in [0.4, 0.5) is 19.0 Å². The Hall–Kier alpha value is -1.30. The zero-order valence-corrected chi connectivity index (χ0v) is 10.9. The Kier molecular flexibility index (Phi) is 4.29. The Bertz CT molecular complexity index is 395. The number of alkyl halides is 3. The van der Waals surface area contributed by atoms with Gasteiger partial charge in [0.15, 0.2) is 0 Å². The number of aromatic nitrogens is 1. The van der Waals surface area contributed by atoms with Gasteiger partial charge in [-0.3, -0.25) is 0 Å². The van der Waals surface area contributed by atoms with Gasteiger partial charge in [0.1, 0.15) is 5.82 Å². The summed E-state index contributed by atoms with van der Waals surface area (Å²) in [6.07, 6.45) is -1.98. The van der Waals surface area contributed by atoms with Crippen LogP contribution in [0.2, 0.25) is 0 Å². The van der Waals surface area contributed by atoms with Crippen LogP contribution in [-0.2, 0) is 6.54 Å². The van der Waals surface area contributed by atoms with Crippen LogP contribution in [0.3, 0.4) is 0 Å². The van der Waals surface area contributed by atoms with Crippen molar-refractivity contribution in [2.75, 3.05) is 25.0 Å². The molecular weight excluding hydrogens is 255 g/mol. The highest BCUT2D eigenvalue weighted by Crippen LogP contribution is 2.34. The third kappa shape index (κ3) is 3.59. The van der Waals surface area contributed by atoms with Crippen LogP contribution in [-0.4, -0.2) is 31.3 Å². The van der Waals surface area contributed by atoms with Gasteiger partial charge in [0.25, 0.3) is 0 Å². The molecule has 6 heteroatoms. The quantitative estimate of drug-likeness (QED) is 0.917. The molecule has 106 valence electrons. The molecule has 2 heterocycles. The van der Waals surface area contributed by atoms with E-state index in [1.54, 1.807) is 6.20 Å². The molecule has 0 aliphatic carbocycles. The van der Waals surface area contributed by atoms with Gasteiger partial charge in [-0.15, -0.1) is 0 Å². The van der Waals surface area contributed by atoms with Gasteiger partial charge < -0.3 is 10.2 Å². The Morgan fingerprint density at radius 3 is 2.47 bits per heavy atom. The number of nitrogens with one attached hydrogen (secondary N) is 1. The van der Waals surface area contributed by atoms with Gasteiger partial charge in [0.05, 0.1) is 5.92 Å². The molecule has 0 unspecified atom stereocenters. The molecule has 2 rings (SSSR count). The van der Waals surface area contributed by atoms with Gasteiger partial charge in [-0.1, -0.05) is 6.07 Å². The summed E-state index contributed by atoms with van der Waals surface area (Å²) in [4.78, 5) is 6.23. The molecule has 3 nitrogen and oxygen atoms in total. The van der Waals surface area contributed by atoms with E-state index in [2.05, 4.69) is 10.3 Å². The number of piperidine rings is 1. The van der Waals surface area contributed by atoms with Crippen molar-refractivity contribution in [2.24, 2.45) is 5.92 Å². The number of rotatable bonds is 3. The molecule has 1 aromatic rings. The van der Waals surface area contributed by atoms with E-state index < -0.39 is 12.1 Å². The molecule has 1 fully saturated rings. The summed E-state index contributed by atoms with van der Waals surface area (Å²) in [5.41, 5.74) is 1.07. The molecule has 1 aromatic heterocycles. The van der Waals surface area contributed by atoms with Crippen molar-refractivity contribution in [1.82, 2.24) is 10.3 Å². The molecule has 19 heavy (non-hydrogen) atoms. The minimum Gasteiger partial charge on any atom is -0.357 e. The smallest absolute Gasteiger partial charge is 0.357 e. The van der Waals surface area contributed by atoms with E-state index >= 15 is 0 Å². The summed E-state index contributed by atoms with van der Waals surface area (Å²) in [6.45, 7) is 1.58. The minimum absolute atomic E-state index is 0.156. The van der Waals surface area contributed by atoms with E-state index in [1.807, 2.05) is 24.1 Å². The molecule has 0 atom stereocenters. The average molecular weight is 273 g/mol. The van der Waals surface area contributed by atoms with Gasteiger partial charge in [0, 0.05) is 25.8 Å². The molecule has 1 aliphatic heterocycles. The van der Waals surface area contributed by atoms with Crippen LogP contribution in [0.5, 0.6) is 0 Å². The summed E-state index contributed by atoms with van der Waals surface area (Å²) in [5.74, 6) is -0.396. The Balaban J connectivity index is 1.94. The number of halogens is 3. The van der Waals surface area contributed by atoms with Crippen LogP contribution >= 0.6 is 0 Å². The highest BCUT2D eigenvalue weighted by molar-refractivity contribution is 5.39. The van der Waals surface area contributed by atoms with E-state index in [0.717, 1.165) is 17.9 Å². The molecule has 1 aliphatic rings. The summed E-state index contributed by atoms with van der Waals surface area (Å²) >= 11 is 0. The monoisotopic (exact) mass is 273 g/mol. The van der Waals surface area contributed by atoms with Crippen LogP contribution in [0.15, 0.2) is 18.3 Å². The first-order valence-electron chi connectivity index (χ1n) is 6.42. The number of hydrogen-bond acceptors (Lipinski definition) is 3. The first-order valence-corrected chi connectivity index (χ1v) is 6.42. The minimum atomic E-state index is -4.06. The fourth-order valence-electron chi connectivity index (χ4n) is 2.35. The summed E-state index contributed by atoms with van der Waals surface area (Å²) < 4.78 is 37.7. The molecule has 0 spiro atoms. The number of nitrogens with zero attached hydrogens (tertiary/aromatic N) is 2. The van der Waals surface area contributed by atoms with Crippen molar-refractivity contribution in [1.29, 1.82) is 0 Å². The van der Waals surface area contributed by atoms with Gasteiger partial charge in [-0.2, -0.15) is 13.2 Å². The van der Waals surface area contributed by atoms with Crippen molar-refractivity contribution in [2.45, 2.75) is 25.6 Å². The largest absolute Gasteiger partial charge is 0.391 e. The lowest BCUT2D eigenvalue weighted by atomic mass is 9.96. The SMILES string of the molecule is CNCc1ccc(N2CCC(C(F)(F)F)CC2)nc1. The molecule has 0 bridgehead atoms. The summed E-state index contributed by atoms with van der Waals surface area (Å²) in [7, 11) is 1.86. The fraction of sp³-hybridized carbons (Fsp3) is 0.615. The predicted octanol–water partition coefficient (Wildman–Crippen LogP) is 2.58. The lowest BCUT2D eigenvalue weighted by Gasteiger charge is -2.33. The summed E-state index contributed by atoms with van der Waals surface area (Å²) in [5, 5.41) is 3.03. The second-order valence-electron chi connectivity index (χ2n) is 4.86. The van der Waals surface area contributed by atoms with E-state index in [-0.39, 0.29) is 12.8 Å². The maximum Gasteiger partial charge on any atom is 0.391 e. The van der Waals surface area contributed by atoms with Crippen molar-refractivity contribution in [3.63, 3.8) is 0 Å². The number of anilines is 1. The molecule has 1 saturated heterocycles. The first-order chi connectivity index (χ1) is 9.00. The van der Waals surface area contributed by atoms with Crippen molar-refractivity contribution in [3.05, 3.63) is 23.9 Å². The lowest BCUT2D eigenvalue weighted by molar-refractivity contribution is -0.179. The average Bonchev–Trinajstić information content (AvgIpc) is 2.39. The second-order valence-corrected chi connectivity index (χ2v) is 4.86. The summed E-state index contributed by atoms with van der Waals surface area (Å²) in [6, 6.07) is 3.83. The molecule has 0 saturated carbocycles. The van der Waals surface area contributed by atoms with Crippen LogP contribution in [0, 0.1) is 5.92 Å². The normalized spacial score (nSPS) is 17.8. The van der Waals surface area contributed by atoms with E-state index in [1.165, 1.54) is 0 Å². The third-order valence-corrected chi connectivity index (χ3v) is 3.47. The molecular formula is C13H18F3N3. The van der Waals surface area contributed by atoms with Gasteiger partial charge in [-0.25, -0.2) is 4.98 Å². The molecule has 0 amide bonds. The Morgan fingerprint density at radius 2 is 2.00 bits per heavy atom. The van der Waals surface area contributed by atoms with Gasteiger partial charge in [-0.05, 0) is 31.5 Å². The van der Waals surface area contributed by atoms with Gasteiger partial charge >= 0.3 is 6.18 Å². The van der Waals surface area contributed by atoms with Crippen LogP contribution in [0.1, 0.15) is 18.4 Å². The predicted molar refractivity (Wildman–Crippen MR) is 68.0 cm³/mol. The zero-order valence-electron chi connectivity index (χ0n) is 10.9. The zero-order chi connectivity index (χ0) is 13.9. The third-order valence-electron chi connectivity index (χ3n) is 3.47. The maximum atomic E-state index is 12.6. The van der Waals surface area contributed by atoms with E-state index in [9.17, 15) is 13.2 Å². The van der Waals surface area contributed by atoms with E-state index in [0.29, 0.717) is 13.1 Å². The van der Waals surface area contributed by atoms with Crippen molar-refractivity contribution < 1.29 is 13.2 Å². The lowest BCUT2D eigenvalue weighted by Crippen LogP contribution is -2.39. The maximum absolute atomic E-state index is 12.6. The molecule has 1 N–H and O–H groups in total. The Morgan fingerprint density at radius 1 is 1.32 bits per heavy atom. The standard InChI is InChI=1S/C13H18F3N3/c1-17-8-10-2-3-12(18-9-10)19-6-4-11(5-7-19)13(14,15)16/h2-3,9,11,17H,4-8H2,1H3. The van der Waals surface area contributed by atoms with Crippen molar-refractivity contribution >= 4 is 5.82 Å². The topological polar surface area (TPSA) is 28.2 Å². The molecule has 0 aromatic carbocycles. The second kappa shape index (κ2) is 5.77. The van der Waals surface area contributed by atoms with E-state index in [4.69, 9.17) is 0 Å². The van der Waals surface area contributed by atoms with Crippen molar-refractivity contribution in [3.8, 4) is 0 Å². The highest BCUT2D eigenvalue weighted by atomic mass is 19.4. The van der Waals surface area contributed by atoms with Crippen LogP contribution < -0.4 is 10.2 Å². The molecule has 0 radical (unpaired) electrons.